The molecule has 2 heterocycles. The number of rotatable bonds is 2. The van der Waals surface area contributed by atoms with Gasteiger partial charge in [-0.15, -0.1) is 0 Å². The van der Waals surface area contributed by atoms with E-state index < -0.39 is 9.84 Å². The first kappa shape index (κ1) is 15.8. The highest BCUT2D eigenvalue weighted by atomic mass is 32.2. The van der Waals surface area contributed by atoms with Crippen molar-refractivity contribution < 1.29 is 13.2 Å². The number of likely N-dealkylation sites (tertiary alicyclic amines) is 2. The summed E-state index contributed by atoms with van der Waals surface area (Å²) in [7, 11) is -1.05. The van der Waals surface area contributed by atoms with Crippen LogP contribution in [0.4, 0.5) is 0 Å². The molecule has 0 atom stereocenters. The van der Waals surface area contributed by atoms with Crippen LogP contribution < -0.4 is 0 Å². The van der Waals surface area contributed by atoms with Crippen LogP contribution in [0.3, 0.4) is 0 Å². The maximum absolute atomic E-state index is 11.9. The summed E-state index contributed by atoms with van der Waals surface area (Å²) in [5.41, 5.74) is 0.382. The van der Waals surface area contributed by atoms with Gasteiger partial charge in [0, 0.05) is 19.3 Å². The molecule has 2 fully saturated rings. The van der Waals surface area contributed by atoms with Gasteiger partial charge in [-0.3, -0.25) is 4.79 Å². The van der Waals surface area contributed by atoms with Gasteiger partial charge in [-0.2, -0.15) is 0 Å². The number of sulfone groups is 1. The molecular weight excluding hydrogens is 276 g/mol. The van der Waals surface area contributed by atoms with Crippen LogP contribution >= 0.6 is 0 Å². The first-order valence-electron chi connectivity index (χ1n) is 7.44. The summed E-state index contributed by atoms with van der Waals surface area (Å²) >= 11 is 0. The lowest BCUT2D eigenvalue weighted by Gasteiger charge is -2.41. The zero-order valence-corrected chi connectivity index (χ0v) is 13.4. The van der Waals surface area contributed by atoms with E-state index in [4.69, 9.17) is 0 Å². The van der Waals surface area contributed by atoms with E-state index in [-0.39, 0.29) is 11.7 Å². The van der Waals surface area contributed by atoms with Crippen LogP contribution in [-0.2, 0) is 14.6 Å². The van der Waals surface area contributed by atoms with Crippen molar-refractivity contribution in [3.05, 3.63) is 0 Å². The first-order valence-corrected chi connectivity index (χ1v) is 9.50. The lowest BCUT2D eigenvalue weighted by atomic mass is 9.73. The summed E-state index contributed by atoms with van der Waals surface area (Å²) in [6, 6.07) is 0. The van der Waals surface area contributed by atoms with E-state index in [1.165, 1.54) is 25.8 Å². The number of hydrogen-bond donors (Lipinski definition) is 0. The molecular formula is C14H26N2O3S. The zero-order chi connectivity index (χ0) is 14.8. The molecule has 1 spiro atoms. The van der Waals surface area contributed by atoms with Crippen LogP contribution in [0.1, 0.15) is 32.1 Å². The Bertz CT molecular complexity index is 453. The molecule has 0 aromatic heterocycles. The van der Waals surface area contributed by atoms with Crippen LogP contribution in [-0.4, -0.2) is 69.4 Å². The molecule has 0 N–H and O–H groups in total. The van der Waals surface area contributed by atoms with Crippen molar-refractivity contribution in [3.63, 3.8) is 0 Å². The van der Waals surface area contributed by atoms with E-state index in [2.05, 4.69) is 11.9 Å². The number of amides is 1. The molecule has 0 saturated carbocycles. The van der Waals surface area contributed by atoms with Crippen LogP contribution in [0.2, 0.25) is 0 Å². The third kappa shape index (κ3) is 4.19. The van der Waals surface area contributed by atoms with Crippen LogP contribution in [0.25, 0.3) is 0 Å². The number of hydrogen-bond acceptors (Lipinski definition) is 4. The maximum atomic E-state index is 11.9. The number of carbonyl (C=O) groups is 1. The molecule has 0 unspecified atom stereocenters. The Hall–Kier alpha value is -0.620. The topological polar surface area (TPSA) is 57.7 Å². The predicted molar refractivity (Wildman–Crippen MR) is 79.3 cm³/mol. The molecule has 2 aliphatic heterocycles. The monoisotopic (exact) mass is 302 g/mol. The fourth-order valence-corrected chi connectivity index (χ4v) is 4.07. The first-order chi connectivity index (χ1) is 9.30. The Balaban J connectivity index is 1.90. The van der Waals surface area contributed by atoms with Crippen LogP contribution in [0.15, 0.2) is 0 Å². The number of nitrogens with zero attached hydrogens (tertiary/aromatic N) is 2. The largest absolute Gasteiger partial charge is 0.342 e. The molecule has 116 valence electrons. The van der Waals surface area contributed by atoms with Gasteiger partial charge in [-0.1, -0.05) is 0 Å². The third-order valence-corrected chi connectivity index (χ3v) is 5.60. The van der Waals surface area contributed by atoms with Crippen molar-refractivity contribution >= 4 is 15.7 Å². The van der Waals surface area contributed by atoms with Crippen LogP contribution in [0.5, 0.6) is 0 Å². The second-order valence-electron chi connectivity index (χ2n) is 6.61. The minimum absolute atomic E-state index is 0.229. The third-order valence-electron chi connectivity index (χ3n) is 4.83. The van der Waals surface area contributed by atoms with Gasteiger partial charge >= 0.3 is 0 Å². The Kier molecular flexibility index (Phi) is 4.74. The lowest BCUT2D eigenvalue weighted by Crippen LogP contribution is -2.45. The lowest BCUT2D eigenvalue weighted by molar-refractivity contribution is -0.130. The average Bonchev–Trinajstić information content (AvgIpc) is 2.51. The molecule has 1 amide bonds. The summed E-state index contributed by atoms with van der Waals surface area (Å²) in [5, 5.41) is 0. The fraction of sp³-hybridized carbons (Fsp3) is 0.929. The highest BCUT2D eigenvalue weighted by Crippen LogP contribution is 2.41. The Morgan fingerprint density at radius 2 is 1.65 bits per heavy atom. The minimum Gasteiger partial charge on any atom is -0.342 e. The fourth-order valence-electron chi connectivity index (χ4n) is 3.43. The smallest absolute Gasteiger partial charge is 0.237 e. The second-order valence-corrected chi connectivity index (χ2v) is 8.75. The molecule has 0 aromatic carbocycles. The molecule has 6 heteroatoms. The van der Waals surface area contributed by atoms with E-state index in [9.17, 15) is 13.2 Å². The van der Waals surface area contributed by atoms with Crippen molar-refractivity contribution in [2.45, 2.75) is 32.1 Å². The van der Waals surface area contributed by atoms with E-state index in [1.807, 2.05) is 0 Å². The summed E-state index contributed by atoms with van der Waals surface area (Å²) in [6.45, 7) is 3.74. The van der Waals surface area contributed by atoms with Crippen molar-refractivity contribution in [2.24, 2.45) is 5.41 Å². The molecule has 0 aliphatic carbocycles. The number of carbonyl (C=O) groups excluding carboxylic acids is 1. The molecule has 5 nitrogen and oxygen atoms in total. The van der Waals surface area contributed by atoms with Gasteiger partial charge in [-0.25, -0.2) is 8.42 Å². The molecule has 2 saturated heterocycles. The predicted octanol–water partition coefficient (Wildman–Crippen LogP) is 0.756. The molecule has 0 aromatic rings. The van der Waals surface area contributed by atoms with E-state index in [0.717, 1.165) is 38.7 Å². The molecule has 2 aliphatic rings. The Morgan fingerprint density at radius 1 is 1.05 bits per heavy atom. The summed E-state index contributed by atoms with van der Waals surface area (Å²) in [6.07, 6.45) is 6.85. The van der Waals surface area contributed by atoms with Crippen molar-refractivity contribution in [1.82, 2.24) is 9.80 Å². The van der Waals surface area contributed by atoms with Gasteiger partial charge in [0.25, 0.3) is 0 Å². The van der Waals surface area contributed by atoms with Gasteiger partial charge in [0.15, 0.2) is 9.84 Å². The zero-order valence-electron chi connectivity index (χ0n) is 12.6. The molecule has 2 rings (SSSR count). The van der Waals surface area contributed by atoms with Crippen LogP contribution in [0, 0.1) is 5.41 Å². The van der Waals surface area contributed by atoms with E-state index in [0.29, 0.717) is 5.41 Å². The summed E-state index contributed by atoms with van der Waals surface area (Å²) < 4.78 is 22.4. The second kappa shape index (κ2) is 6.02. The number of piperidine rings is 1. The standard InChI is InChI=1S/C14H26N2O3S/c1-15-8-3-4-14(5-9-15)6-10-16(11-7-14)13(17)12-20(2,18)19/h3-12H2,1-2H3. The van der Waals surface area contributed by atoms with Gasteiger partial charge < -0.3 is 9.80 Å². The molecule has 20 heavy (non-hydrogen) atoms. The molecule has 0 bridgehead atoms. The summed E-state index contributed by atoms with van der Waals surface area (Å²) in [5.74, 6) is -0.573. The van der Waals surface area contributed by atoms with E-state index in [1.54, 1.807) is 4.90 Å². The van der Waals surface area contributed by atoms with Crippen molar-refractivity contribution in [3.8, 4) is 0 Å². The summed E-state index contributed by atoms with van der Waals surface area (Å²) in [4.78, 5) is 16.1. The van der Waals surface area contributed by atoms with Gasteiger partial charge in [0.1, 0.15) is 5.75 Å². The van der Waals surface area contributed by atoms with Gasteiger partial charge in [-0.05, 0) is 57.7 Å². The maximum Gasteiger partial charge on any atom is 0.237 e. The average molecular weight is 302 g/mol. The minimum atomic E-state index is -3.22. The van der Waals surface area contributed by atoms with Gasteiger partial charge in [0.2, 0.25) is 5.91 Å². The van der Waals surface area contributed by atoms with Crippen molar-refractivity contribution in [2.75, 3.05) is 45.2 Å². The highest BCUT2D eigenvalue weighted by Gasteiger charge is 2.36. The van der Waals surface area contributed by atoms with Gasteiger partial charge in [0.05, 0.1) is 0 Å². The SMILES string of the molecule is CN1CCCC2(CC1)CCN(C(=O)CS(C)(=O)=O)CC2. The Labute approximate surface area is 122 Å². The normalized spacial score (nSPS) is 24.6. The Morgan fingerprint density at radius 3 is 2.25 bits per heavy atom. The van der Waals surface area contributed by atoms with Crippen molar-refractivity contribution in [1.29, 1.82) is 0 Å². The molecule has 0 radical (unpaired) electrons. The quantitative estimate of drug-likeness (QED) is 0.755. The highest BCUT2D eigenvalue weighted by molar-refractivity contribution is 7.91. The van der Waals surface area contributed by atoms with E-state index >= 15 is 0 Å².